The van der Waals surface area contributed by atoms with Gasteiger partial charge in [-0.1, -0.05) is 12.5 Å². The van der Waals surface area contributed by atoms with Crippen LogP contribution in [0.1, 0.15) is 50.5 Å². The number of nitrogens with zero attached hydrogens (tertiary/aromatic N) is 2. The van der Waals surface area contributed by atoms with Crippen LogP contribution < -0.4 is 0 Å². The Hall–Kier alpha value is -1.84. The van der Waals surface area contributed by atoms with E-state index < -0.39 is 11.4 Å². The molecule has 106 valence electrons. The van der Waals surface area contributed by atoms with Gasteiger partial charge < -0.3 is 9.67 Å². The van der Waals surface area contributed by atoms with Crippen molar-refractivity contribution in [2.45, 2.75) is 51.5 Å². The minimum atomic E-state index is -0.705. The Kier molecular flexibility index (Phi) is 2.85. The Balaban J connectivity index is 2.15. The van der Waals surface area contributed by atoms with Gasteiger partial charge in [-0.25, -0.2) is 4.98 Å². The molecule has 1 aliphatic rings. The second kappa shape index (κ2) is 4.33. The van der Waals surface area contributed by atoms with Crippen LogP contribution in [-0.4, -0.2) is 20.6 Å². The number of hydrogen-bond acceptors (Lipinski definition) is 2. The first kappa shape index (κ1) is 13.2. The van der Waals surface area contributed by atoms with Gasteiger partial charge in [-0.3, -0.25) is 4.79 Å². The molecule has 4 heteroatoms. The Labute approximate surface area is 118 Å². The van der Waals surface area contributed by atoms with E-state index in [-0.39, 0.29) is 0 Å². The molecule has 3 rings (SSSR count). The van der Waals surface area contributed by atoms with Crippen LogP contribution in [0.3, 0.4) is 0 Å². The smallest absolute Gasteiger partial charge is 0.314 e. The molecule has 0 saturated heterocycles. The minimum absolute atomic E-state index is 0.350. The van der Waals surface area contributed by atoms with E-state index in [0.29, 0.717) is 6.04 Å². The van der Waals surface area contributed by atoms with Crippen molar-refractivity contribution in [1.82, 2.24) is 9.55 Å². The van der Waals surface area contributed by atoms with Crippen LogP contribution in [0.25, 0.3) is 11.0 Å². The highest BCUT2D eigenvalue weighted by Crippen LogP contribution is 2.44. The third kappa shape index (κ3) is 1.67. The van der Waals surface area contributed by atoms with Gasteiger partial charge in [0, 0.05) is 6.04 Å². The Morgan fingerprint density at radius 3 is 2.60 bits per heavy atom. The summed E-state index contributed by atoms with van der Waals surface area (Å²) < 4.78 is 2.19. The van der Waals surface area contributed by atoms with Gasteiger partial charge >= 0.3 is 5.97 Å². The monoisotopic (exact) mass is 272 g/mol. The maximum Gasteiger partial charge on any atom is 0.314 e. The maximum atomic E-state index is 11.6. The van der Waals surface area contributed by atoms with Crippen molar-refractivity contribution < 1.29 is 9.90 Å². The number of carboxylic acids is 1. The van der Waals surface area contributed by atoms with Gasteiger partial charge in [-0.05, 0) is 51.3 Å². The van der Waals surface area contributed by atoms with E-state index in [9.17, 15) is 9.90 Å². The number of benzene rings is 1. The van der Waals surface area contributed by atoms with Crippen molar-refractivity contribution in [3.05, 3.63) is 29.6 Å². The number of aromatic nitrogens is 2. The molecule has 0 radical (unpaired) electrons. The molecule has 20 heavy (non-hydrogen) atoms. The number of aryl methyl sites for hydroxylation is 1. The lowest BCUT2D eigenvalue weighted by Gasteiger charge is -2.38. The largest absolute Gasteiger partial charge is 0.481 e. The van der Waals surface area contributed by atoms with Crippen LogP contribution in [0.15, 0.2) is 18.2 Å². The van der Waals surface area contributed by atoms with Crippen molar-refractivity contribution in [2.24, 2.45) is 0 Å². The van der Waals surface area contributed by atoms with Gasteiger partial charge in [0.05, 0.1) is 16.4 Å². The molecule has 1 N–H and O–H groups in total. The third-order valence-corrected chi connectivity index (χ3v) is 4.55. The summed E-state index contributed by atoms with van der Waals surface area (Å²) in [7, 11) is 0. The predicted octanol–water partition coefficient (Wildman–Crippen LogP) is 3.43. The van der Waals surface area contributed by atoms with Crippen LogP contribution in [0, 0.1) is 6.92 Å². The molecule has 1 aliphatic carbocycles. The minimum Gasteiger partial charge on any atom is -0.481 e. The van der Waals surface area contributed by atoms with Crippen LogP contribution in [0.5, 0.6) is 0 Å². The van der Waals surface area contributed by atoms with E-state index in [0.717, 1.165) is 41.7 Å². The number of imidazole rings is 1. The Morgan fingerprint density at radius 1 is 1.40 bits per heavy atom. The maximum absolute atomic E-state index is 11.6. The molecular formula is C16H20N2O2. The quantitative estimate of drug-likeness (QED) is 0.931. The molecule has 0 unspecified atom stereocenters. The molecule has 1 fully saturated rings. The van der Waals surface area contributed by atoms with Crippen molar-refractivity contribution in [2.75, 3.05) is 0 Å². The molecule has 4 nitrogen and oxygen atoms in total. The number of hydrogen-bond donors (Lipinski definition) is 1. The fourth-order valence-corrected chi connectivity index (χ4v) is 3.33. The number of aliphatic carboxylic acids is 1. The topological polar surface area (TPSA) is 55.1 Å². The van der Waals surface area contributed by atoms with Crippen molar-refractivity contribution in [3.8, 4) is 0 Å². The number of carboxylic acid groups (broad SMARTS) is 1. The van der Waals surface area contributed by atoms with Crippen molar-refractivity contribution >= 4 is 17.0 Å². The van der Waals surface area contributed by atoms with Crippen LogP contribution in [0.2, 0.25) is 0 Å². The van der Waals surface area contributed by atoms with Gasteiger partial charge in [-0.15, -0.1) is 0 Å². The molecular weight excluding hydrogens is 252 g/mol. The molecule has 1 aromatic carbocycles. The summed E-state index contributed by atoms with van der Waals surface area (Å²) in [6.45, 7) is 6.26. The standard InChI is InChI=1S/C16H20N2O2/c1-10(2)18-11(3)17-13-9-12(5-6-14(13)18)16(15(19)20)7-4-8-16/h5-6,9-10H,4,7-8H2,1-3H3,(H,19,20). The van der Waals surface area contributed by atoms with E-state index in [2.05, 4.69) is 23.4 Å². The van der Waals surface area contributed by atoms with Gasteiger partial charge in [0.1, 0.15) is 5.82 Å². The van der Waals surface area contributed by atoms with Crippen molar-refractivity contribution in [3.63, 3.8) is 0 Å². The molecule has 0 bridgehead atoms. The van der Waals surface area contributed by atoms with Crippen molar-refractivity contribution in [1.29, 1.82) is 0 Å². The highest BCUT2D eigenvalue weighted by Gasteiger charge is 2.46. The molecule has 0 aliphatic heterocycles. The summed E-state index contributed by atoms with van der Waals surface area (Å²) >= 11 is 0. The fraction of sp³-hybridized carbons (Fsp3) is 0.500. The van der Waals surface area contributed by atoms with Crippen LogP contribution in [-0.2, 0) is 10.2 Å². The van der Waals surface area contributed by atoms with E-state index in [1.807, 2.05) is 25.1 Å². The zero-order valence-electron chi connectivity index (χ0n) is 12.2. The Bertz CT molecular complexity index is 681. The molecule has 0 atom stereocenters. The predicted molar refractivity (Wildman–Crippen MR) is 78.0 cm³/mol. The van der Waals surface area contributed by atoms with Gasteiger partial charge in [0.15, 0.2) is 0 Å². The molecule has 0 spiro atoms. The normalized spacial score (nSPS) is 17.4. The average molecular weight is 272 g/mol. The number of rotatable bonds is 3. The summed E-state index contributed by atoms with van der Waals surface area (Å²) in [6, 6.07) is 6.31. The lowest BCUT2D eigenvalue weighted by molar-refractivity contribution is -0.147. The number of carbonyl (C=O) groups is 1. The zero-order valence-corrected chi connectivity index (χ0v) is 12.2. The summed E-state index contributed by atoms with van der Waals surface area (Å²) in [5, 5.41) is 9.53. The summed E-state index contributed by atoms with van der Waals surface area (Å²) in [5.41, 5.74) is 2.21. The first-order chi connectivity index (χ1) is 9.45. The third-order valence-electron chi connectivity index (χ3n) is 4.55. The molecule has 1 saturated carbocycles. The van der Waals surface area contributed by atoms with E-state index >= 15 is 0 Å². The van der Waals surface area contributed by atoms with E-state index in [1.165, 1.54) is 0 Å². The van der Waals surface area contributed by atoms with Gasteiger partial charge in [-0.2, -0.15) is 0 Å². The first-order valence-corrected chi connectivity index (χ1v) is 7.18. The molecule has 0 amide bonds. The highest BCUT2D eigenvalue weighted by atomic mass is 16.4. The van der Waals surface area contributed by atoms with Gasteiger partial charge in [0.25, 0.3) is 0 Å². The second-order valence-corrected chi connectivity index (χ2v) is 6.07. The SMILES string of the molecule is Cc1nc2cc(C3(C(=O)O)CCC3)ccc2n1C(C)C. The van der Waals surface area contributed by atoms with E-state index in [1.54, 1.807) is 0 Å². The lowest BCUT2D eigenvalue weighted by Crippen LogP contribution is -2.42. The average Bonchev–Trinajstić information content (AvgIpc) is 2.62. The molecule has 1 heterocycles. The van der Waals surface area contributed by atoms with E-state index in [4.69, 9.17) is 0 Å². The zero-order chi connectivity index (χ0) is 14.5. The van der Waals surface area contributed by atoms with Crippen LogP contribution in [0.4, 0.5) is 0 Å². The van der Waals surface area contributed by atoms with Crippen LogP contribution >= 0.6 is 0 Å². The fourth-order valence-electron chi connectivity index (χ4n) is 3.33. The molecule has 1 aromatic heterocycles. The number of fused-ring (bicyclic) bond motifs is 1. The Morgan fingerprint density at radius 2 is 2.10 bits per heavy atom. The highest BCUT2D eigenvalue weighted by molar-refractivity contribution is 5.85. The molecule has 2 aromatic rings. The summed E-state index contributed by atoms with van der Waals surface area (Å²) in [4.78, 5) is 16.2. The summed E-state index contributed by atoms with van der Waals surface area (Å²) in [6.07, 6.45) is 2.46. The lowest BCUT2D eigenvalue weighted by atomic mass is 9.64. The summed E-state index contributed by atoms with van der Waals surface area (Å²) in [5.74, 6) is 0.272. The first-order valence-electron chi connectivity index (χ1n) is 7.18. The van der Waals surface area contributed by atoms with Gasteiger partial charge in [0.2, 0.25) is 0 Å². The second-order valence-electron chi connectivity index (χ2n) is 6.07.